The van der Waals surface area contributed by atoms with Crippen molar-refractivity contribution in [3.05, 3.63) is 23.6 Å². The maximum Gasteiger partial charge on any atom is 0.119 e. The molecule has 0 N–H and O–H groups in total. The van der Waals surface area contributed by atoms with Crippen LogP contribution in [0.15, 0.2) is 23.6 Å². The molecule has 0 aromatic rings. The van der Waals surface area contributed by atoms with Gasteiger partial charge in [0, 0.05) is 0 Å². The number of rotatable bonds is 1. The Bertz CT molecular complexity index is 206. The lowest BCUT2D eigenvalue weighted by atomic mass is 9.93. The topological polar surface area (TPSA) is 0 Å². The normalized spacial score (nSPS) is 31.3. The lowest BCUT2D eigenvalue weighted by Crippen LogP contribution is -2.15. The number of alkyl halides is 1. The third-order valence-corrected chi connectivity index (χ3v) is 2.65. The van der Waals surface area contributed by atoms with E-state index in [9.17, 15) is 4.39 Å². The molecule has 0 aromatic carbocycles. The van der Waals surface area contributed by atoms with Gasteiger partial charge in [-0.15, -0.1) is 11.6 Å². The monoisotopic (exact) mass is 174 g/mol. The summed E-state index contributed by atoms with van der Waals surface area (Å²) >= 11 is 6.02. The van der Waals surface area contributed by atoms with E-state index in [2.05, 4.69) is 0 Å². The number of halogens is 2. The SMILES string of the molecule is CCC1=CC(F)=CC(C)C1Cl. The highest BCUT2D eigenvalue weighted by molar-refractivity contribution is 6.22. The standard InChI is InChI=1S/C9H12ClF/c1-3-7-5-8(11)4-6(2)9(7)10/h4-6,9H,3H2,1-2H3. The van der Waals surface area contributed by atoms with Gasteiger partial charge in [0.05, 0.1) is 5.38 Å². The Morgan fingerprint density at radius 1 is 1.64 bits per heavy atom. The molecule has 0 saturated carbocycles. The summed E-state index contributed by atoms with van der Waals surface area (Å²) in [5, 5.41) is -0.0144. The Morgan fingerprint density at radius 2 is 2.27 bits per heavy atom. The number of allylic oxidation sites excluding steroid dienone is 4. The summed E-state index contributed by atoms with van der Waals surface area (Å²) in [5.41, 5.74) is 0.999. The van der Waals surface area contributed by atoms with Gasteiger partial charge < -0.3 is 0 Å². The molecule has 0 spiro atoms. The second-order valence-corrected chi connectivity index (χ2v) is 3.36. The highest BCUT2D eigenvalue weighted by Gasteiger charge is 2.20. The molecule has 0 fully saturated rings. The molecule has 2 unspecified atom stereocenters. The summed E-state index contributed by atoms with van der Waals surface area (Å²) in [6.07, 6.45) is 3.94. The minimum absolute atomic E-state index is 0.0144. The molecule has 1 aliphatic carbocycles. The lowest BCUT2D eigenvalue weighted by Gasteiger charge is -2.20. The van der Waals surface area contributed by atoms with Gasteiger partial charge >= 0.3 is 0 Å². The predicted octanol–water partition coefficient (Wildman–Crippen LogP) is 3.43. The van der Waals surface area contributed by atoms with Crippen LogP contribution in [-0.4, -0.2) is 5.38 Å². The van der Waals surface area contributed by atoms with Gasteiger partial charge in [-0.3, -0.25) is 0 Å². The first kappa shape index (κ1) is 8.79. The second-order valence-electron chi connectivity index (χ2n) is 2.89. The van der Waals surface area contributed by atoms with E-state index >= 15 is 0 Å². The molecule has 0 bridgehead atoms. The first-order valence-electron chi connectivity index (χ1n) is 3.87. The van der Waals surface area contributed by atoms with Crippen LogP contribution in [-0.2, 0) is 0 Å². The van der Waals surface area contributed by atoms with E-state index in [0.717, 1.165) is 12.0 Å². The molecule has 1 rings (SSSR count). The molecular weight excluding hydrogens is 163 g/mol. The van der Waals surface area contributed by atoms with Crippen LogP contribution in [0.25, 0.3) is 0 Å². The van der Waals surface area contributed by atoms with E-state index < -0.39 is 0 Å². The summed E-state index contributed by atoms with van der Waals surface area (Å²) in [6.45, 7) is 3.92. The Hall–Kier alpha value is -0.300. The van der Waals surface area contributed by atoms with Gasteiger partial charge in [-0.05, 0) is 30.1 Å². The van der Waals surface area contributed by atoms with E-state index in [4.69, 9.17) is 11.6 Å². The highest BCUT2D eigenvalue weighted by atomic mass is 35.5. The van der Waals surface area contributed by atoms with Gasteiger partial charge in [-0.1, -0.05) is 13.8 Å². The fourth-order valence-corrected chi connectivity index (χ4v) is 1.57. The molecule has 2 atom stereocenters. The van der Waals surface area contributed by atoms with Gasteiger partial charge in [-0.2, -0.15) is 0 Å². The second kappa shape index (κ2) is 3.40. The average molecular weight is 175 g/mol. The Kier molecular flexibility index (Phi) is 2.72. The van der Waals surface area contributed by atoms with Crippen LogP contribution in [0.5, 0.6) is 0 Å². The zero-order valence-electron chi connectivity index (χ0n) is 6.77. The Morgan fingerprint density at radius 3 is 2.82 bits per heavy atom. The fourth-order valence-electron chi connectivity index (χ4n) is 1.28. The van der Waals surface area contributed by atoms with Crippen LogP contribution in [0.2, 0.25) is 0 Å². The highest BCUT2D eigenvalue weighted by Crippen LogP contribution is 2.29. The van der Waals surface area contributed by atoms with Gasteiger partial charge in [0.25, 0.3) is 0 Å². The molecular formula is C9H12ClF. The van der Waals surface area contributed by atoms with Gasteiger partial charge in [0.1, 0.15) is 5.83 Å². The smallest absolute Gasteiger partial charge is 0.119 e. The lowest BCUT2D eigenvalue weighted by molar-refractivity contribution is 0.601. The molecule has 0 heterocycles. The van der Waals surface area contributed by atoms with Crippen molar-refractivity contribution in [2.24, 2.45) is 5.92 Å². The first-order valence-corrected chi connectivity index (χ1v) is 4.30. The summed E-state index contributed by atoms with van der Waals surface area (Å²) in [5.74, 6) is -0.0251. The number of hydrogen-bond acceptors (Lipinski definition) is 0. The molecule has 62 valence electrons. The van der Waals surface area contributed by atoms with Crippen molar-refractivity contribution in [2.45, 2.75) is 25.6 Å². The largest absolute Gasteiger partial charge is 0.207 e. The van der Waals surface area contributed by atoms with Crippen molar-refractivity contribution in [3.63, 3.8) is 0 Å². The summed E-state index contributed by atoms with van der Waals surface area (Å²) < 4.78 is 12.8. The van der Waals surface area contributed by atoms with Crippen molar-refractivity contribution < 1.29 is 4.39 Å². The third kappa shape index (κ3) is 1.84. The minimum Gasteiger partial charge on any atom is -0.207 e. The van der Waals surface area contributed by atoms with Crippen LogP contribution in [0.1, 0.15) is 20.3 Å². The summed E-state index contributed by atoms with van der Waals surface area (Å²) in [7, 11) is 0. The minimum atomic E-state index is -0.147. The quantitative estimate of drug-likeness (QED) is 0.535. The van der Waals surface area contributed by atoms with E-state index in [0.29, 0.717) is 0 Å². The third-order valence-electron chi connectivity index (χ3n) is 1.97. The van der Waals surface area contributed by atoms with Crippen molar-refractivity contribution >= 4 is 11.6 Å². The molecule has 11 heavy (non-hydrogen) atoms. The zero-order valence-corrected chi connectivity index (χ0v) is 7.53. The molecule has 2 heteroatoms. The molecule has 0 amide bonds. The van der Waals surface area contributed by atoms with Gasteiger partial charge in [-0.25, -0.2) is 4.39 Å². The van der Waals surface area contributed by atoms with Crippen molar-refractivity contribution in [3.8, 4) is 0 Å². The van der Waals surface area contributed by atoms with Crippen LogP contribution in [0, 0.1) is 5.92 Å². The van der Waals surface area contributed by atoms with Crippen LogP contribution >= 0.6 is 11.6 Å². The maximum absolute atomic E-state index is 12.8. The maximum atomic E-state index is 12.8. The molecule has 0 radical (unpaired) electrons. The van der Waals surface area contributed by atoms with Crippen LogP contribution in [0.3, 0.4) is 0 Å². The molecule has 0 aliphatic heterocycles. The fraction of sp³-hybridized carbons (Fsp3) is 0.556. The van der Waals surface area contributed by atoms with E-state index in [1.807, 2.05) is 13.8 Å². The summed E-state index contributed by atoms with van der Waals surface area (Å²) in [4.78, 5) is 0. The Labute approximate surface area is 71.7 Å². The van der Waals surface area contributed by atoms with Crippen molar-refractivity contribution in [1.29, 1.82) is 0 Å². The summed E-state index contributed by atoms with van der Waals surface area (Å²) in [6, 6.07) is 0. The van der Waals surface area contributed by atoms with Crippen LogP contribution in [0.4, 0.5) is 4.39 Å². The van der Waals surface area contributed by atoms with Crippen molar-refractivity contribution in [1.82, 2.24) is 0 Å². The van der Waals surface area contributed by atoms with Crippen molar-refractivity contribution in [2.75, 3.05) is 0 Å². The van der Waals surface area contributed by atoms with Crippen LogP contribution < -0.4 is 0 Å². The Balaban J connectivity index is 2.84. The molecule has 0 aromatic heterocycles. The molecule has 0 nitrogen and oxygen atoms in total. The molecule has 0 saturated heterocycles. The molecule has 1 aliphatic rings. The predicted molar refractivity (Wildman–Crippen MR) is 46.4 cm³/mol. The number of hydrogen-bond donors (Lipinski definition) is 0. The van der Waals surface area contributed by atoms with E-state index in [-0.39, 0.29) is 17.1 Å². The van der Waals surface area contributed by atoms with Gasteiger partial charge in [0.2, 0.25) is 0 Å². The zero-order chi connectivity index (χ0) is 8.43. The van der Waals surface area contributed by atoms with Gasteiger partial charge in [0.15, 0.2) is 0 Å². The van der Waals surface area contributed by atoms with E-state index in [1.165, 1.54) is 6.08 Å². The van der Waals surface area contributed by atoms with E-state index in [1.54, 1.807) is 6.08 Å². The average Bonchev–Trinajstić information content (AvgIpc) is 1.96. The first-order chi connectivity index (χ1) is 5.15.